The molecule has 6 atom stereocenters. The highest BCUT2D eigenvalue weighted by Gasteiger charge is 2.51. The lowest BCUT2D eigenvalue weighted by atomic mass is 9.60. The number of allylic oxidation sites excluding steroid dienone is 5. The van der Waals surface area contributed by atoms with Crippen LogP contribution in [-0.4, -0.2) is 39.1 Å². The van der Waals surface area contributed by atoms with E-state index in [1.165, 1.54) is 30.1 Å². The minimum absolute atomic E-state index is 0.0988. The largest absolute Gasteiger partial charge is 0.461 e. The summed E-state index contributed by atoms with van der Waals surface area (Å²) in [5, 5.41) is 30.9. The molecule has 4 rings (SSSR count). The minimum atomic E-state index is -0.697. The summed E-state index contributed by atoms with van der Waals surface area (Å²) >= 11 is 0. The van der Waals surface area contributed by atoms with Gasteiger partial charge in [0.2, 0.25) is 0 Å². The summed E-state index contributed by atoms with van der Waals surface area (Å²) in [7, 11) is 0. The topological polar surface area (TPSA) is 87.0 Å². The van der Waals surface area contributed by atoms with Crippen molar-refractivity contribution in [2.24, 2.45) is 23.2 Å². The van der Waals surface area contributed by atoms with Crippen molar-refractivity contribution in [2.45, 2.75) is 110 Å². The van der Waals surface area contributed by atoms with Crippen molar-refractivity contribution in [3.63, 3.8) is 0 Å². The molecule has 1 aromatic carbocycles. The lowest BCUT2D eigenvalue weighted by Gasteiger charge is -2.44. The Morgan fingerprint density at radius 1 is 1.20 bits per heavy atom. The van der Waals surface area contributed by atoms with Gasteiger partial charge in [0.05, 0.1) is 17.8 Å². The third-order valence-corrected chi connectivity index (χ3v) is 9.87. The Labute approximate surface area is 246 Å². The lowest BCUT2D eigenvalue weighted by molar-refractivity contribution is -0.142. The number of esters is 1. The molecule has 0 radical (unpaired) electrons. The van der Waals surface area contributed by atoms with E-state index in [1.54, 1.807) is 0 Å². The quantitative estimate of drug-likeness (QED) is 0.280. The molecule has 0 spiro atoms. The predicted octanol–water partition coefficient (Wildman–Crippen LogP) is 7.07. The molecule has 0 heterocycles. The summed E-state index contributed by atoms with van der Waals surface area (Å²) in [5.74, 6) is 1.28. The standard InChI is InChI=1S/C36H50O5/c1-23(8-7-17-35(4,5)40)32-15-16-33-29(14-13-28-19-31(38)20-34(39)24(28)2)18-30(21-36(32,33)6)27-11-9-26(10-12-27)22-41-25(3)37/h9-14,18,23,31-34,38-40H,2,7-8,15-17,19-22H2,1,3-6H3/b28-13-,29-14+/t23-,31-,32-,33+,34+,36-/m1/s1. The van der Waals surface area contributed by atoms with E-state index in [2.05, 4.69) is 50.8 Å². The van der Waals surface area contributed by atoms with E-state index in [0.717, 1.165) is 43.2 Å². The summed E-state index contributed by atoms with van der Waals surface area (Å²) in [4.78, 5) is 11.3. The smallest absolute Gasteiger partial charge is 0.302 e. The van der Waals surface area contributed by atoms with Gasteiger partial charge in [0.25, 0.3) is 0 Å². The molecular formula is C36H50O5. The fourth-order valence-corrected chi connectivity index (χ4v) is 7.63. The van der Waals surface area contributed by atoms with E-state index in [1.807, 2.05) is 26.0 Å². The molecule has 3 aliphatic rings. The SMILES string of the molecule is C=C1/C(=C\C=C2/C=C(c3ccc(COC(C)=O)cc3)C[C@]3(C)[C@@H]([C@H](C)CCCC(C)(C)O)CC[C@@H]23)C[C@@H](O)C[C@@H]1O. The molecule has 0 unspecified atom stereocenters. The fraction of sp³-hybridized carbons (Fsp3) is 0.583. The van der Waals surface area contributed by atoms with Crippen LogP contribution in [0.4, 0.5) is 0 Å². The molecule has 2 fully saturated rings. The second-order valence-corrected chi connectivity index (χ2v) is 13.7. The van der Waals surface area contributed by atoms with Crippen LogP contribution in [0.25, 0.3) is 5.57 Å². The molecule has 5 heteroatoms. The van der Waals surface area contributed by atoms with E-state index >= 15 is 0 Å². The van der Waals surface area contributed by atoms with E-state index in [-0.39, 0.29) is 18.0 Å². The molecule has 0 amide bonds. The van der Waals surface area contributed by atoms with Crippen LogP contribution in [-0.2, 0) is 16.1 Å². The second-order valence-electron chi connectivity index (χ2n) is 13.7. The maximum Gasteiger partial charge on any atom is 0.302 e. The zero-order valence-electron chi connectivity index (χ0n) is 25.7. The van der Waals surface area contributed by atoms with Crippen molar-refractivity contribution < 1.29 is 24.9 Å². The Morgan fingerprint density at radius 3 is 2.56 bits per heavy atom. The van der Waals surface area contributed by atoms with Crippen molar-refractivity contribution in [2.75, 3.05) is 0 Å². The van der Waals surface area contributed by atoms with Gasteiger partial charge in [-0.15, -0.1) is 0 Å². The van der Waals surface area contributed by atoms with Crippen LogP contribution in [0.15, 0.2) is 65.8 Å². The van der Waals surface area contributed by atoms with E-state index in [4.69, 9.17) is 4.74 Å². The number of aliphatic hydroxyl groups excluding tert-OH is 2. The number of hydrogen-bond acceptors (Lipinski definition) is 5. The number of fused-ring (bicyclic) bond motifs is 1. The molecule has 3 aliphatic carbocycles. The highest BCUT2D eigenvalue weighted by atomic mass is 16.5. The summed E-state index contributed by atoms with van der Waals surface area (Å²) in [5.41, 5.74) is 5.88. The molecular weight excluding hydrogens is 512 g/mol. The minimum Gasteiger partial charge on any atom is -0.461 e. The highest BCUT2D eigenvalue weighted by molar-refractivity contribution is 5.71. The monoisotopic (exact) mass is 562 g/mol. The van der Waals surface area contributed by atoms with Crippen molar-refractivity contribution >= 4 is 11.5 Å². The van der Waals surface area contributed by atoms with Crippen LogP contribution in [0, 0.1) is 23.2 Å². The van der Waals surface area contributed by atoms with Gasteiger partial charge < -0.3 is 20.1 Å². The number of benzene rings is 1. The van der Waals surface area contributed by atoms with Gasteiger partial charge in [-0.1, -0.05) is 75.8 Å². The van der Waals surface area contributed by atoms with Gasteiger partial charge in [-0.3, -0.25) is 4.79 Å². The van der Waals surface area contributed by atoms with Crippen molar-refractivity contribution in [1.29, 1.82) is 0 Å². The first kappa shape index (κ1) is 31.5. The Balaban J connectivity index is 1.65. The molecule has 0 bridgehead atoms. The molecule has 3 N–H and O–H groups in total. The molecule has 41 heavy (non-hydrogen) atoms. The number of ether oxygens (including phenoxy) is 1. The molecule has 2 saturated carbocycles. The van der Waals surface area contributed by atoms with Crippen LogP contribution in [0.1, 0.15) is 97.1 Å². The van der Waals surface area contributed by atoms with Crippen LogP contribution < -0.4 is 0 Å². The number of aliphatic hydroxyl groups is 3. The van der Waals surface area contributed by atoms with Crippen molar-refractivity contribution in [3.05, 3.63) is 76.9 Å². The molecule has 224 valence electrons. The van der Waals surface area contributed by atoms with Crippen LogP contribution >= 0.6 is 0 Å². The van der Waals surface area contributed by atoms with Gasteiger partial charge >= 0.3 is 5.97 Å². The first-order chi connectivity index (χ1) is 19.3. The zero-order valence-corrected chi connectivity index (χ0v) is 25.7. The van der Waals surface area contributed by atoms with Crippen molar-refractivity contribution in [3.8, 4) is 0 Å². The van der Waals surface area contributed by atoms with Crippen LogP contribution in [0.2, 0.25) is 0 Å². The predicted molar refractivity (Wildman–Crippen MR) is 165 cm³/mol. The normalized spacial score (nSPS) is 31.2. The number of hydrogen-bond donors (Lipinski definition) is 3. The lowest BCUT2D eigenvalue weighted by Crippen LogP contribution is -2.35. The zero-order chi connectivity index (χ0) is 29.9. The van der Waals surface area contributed by atoms with Crippen LogP contribution in [0.3, 0.4) is 0 Å². The maximum atomic E-state index is 11.3. The third-order valence-electron chi connectivity index (χ3n) is 9.87. The average molecular weight is 563 g/mol. The molecule has 0 saturated heterocycles. The summed E-state index contributed by atoms with van der Waals surface area (Å²) < 4.78 is 5.18. The summed E-state index contributed by atoms with van der Waals surface area (Å²) in [6.45, 7) is 14.5. The van der Waals surface area contributed by atoms with Gasteiger partial charge in [-0.25, -0.2) is 0 Å². The van der Waals surface area contributed by atoms with E-state index < -0.39 is 17.8 Å². The Kier molecular flexibility index (Phi) is 9.83. The van der Waals surface area contributed by atoms with Crippen molar-refractivity contribution in [1.82, 2.24) is 0 Å². The van der Waals surface area contributed by atoms with Gasteiger partial charge in [-0.2, -0.15) is 0 Å². The maximum absolute atomic E-state index is 11.3. The first-order valence-electron chi connectivity index (χ1n) is 15.4. The van der Waals surface area contributed by atoms with Crippen LogP contribution in [0.5, 0.6) is 0 Å². The Hall–Kier alpha value is -2.47. The third kappa shape index (κ3) is 7.68. The Morgan fingerprint density at radius 2 is 1.90 bits per heavy atom. The summed E-state index contributed by atoms with van der Waals surface area (Å²) in [6.07, 6.45) is 12.5. The molecule has 1 aromatic rings. The highest BCUT2D eigenvalue weighted by Crippen LogP contribution is 2.60. The number of carbonyl (C=O) groups excluding carboxylic acids is 1. The number of carbonyl (C=O) groups is 1. The molecule has 0 aromatic heterocycles. The molecule has 5 nitrogen and oxygen atoms in total. The Bertz CT molecular complexity index is 1200. The fourth-order valence-electron chi connectivity index (χ4n) is 7.63. The van der Waals surface area contributed by atoms with Gasteiger partial charge in [0, 0.05) is 13.3 Å². The summed E-state index contributed by atoms with van der Waals surface area (Å²) in [6, 6.07) is 8.35. The van der Waals surface area contributed by atoms with Gasteiger partial charge in [-0.05, 0) is 103 Å². The number of rotatable bonds is 9. The first-order valence-corrected chi connectivity index (χ1v) is 15.4. The van der Waals surface area contributed by atoms with E-state index in [9.17, 15) is 20.1 Å². The van der Waals surface area contributed by atoms with Gasteiger partial charge in [0.15, 0.2) is 0 Å². The molecule has 0 aliphatic heterocycles. The average Bonchev–Trinajstić information content (AvgIpc) is 3.25. The van der Waals surface area contributed by atoms with E-state index in [0.29, 0.717) is 36.2 Å². The second kappa shape index (κ2) is 12.8. The van der Waals surface area contributed by atoms with Gasteiger partial charge in [0.1, 0.15) is 6.61 Å².